The average molecular weight is 160 g/mol. The number of hydrogen-bond acceptors (Lipinski definition) is 1. The van der Waals surface area contributed by atoms with Gasteiger partial charge in [-0.15, -0.1) is 15.8 Å². The van der Waals surface area contributed by atoms with Gasteiger partial charge < -0.3 is 4.74 Å². The molecule has 0 aliphatic carbocycles. The highest BCUT2D eigenvalue weighted by molar-refractivity contribution is 7.18. The molecule has 0 amide bonds. The molecular formula is C8H17OP. The van der Waals surface area contributed by atoms with Crippen molar-refractivity contribution >= 4 is 9.24 Å². The van der Waals surface area contributed by atoms with Gasteiger partial charge >= 0.3 is 0 Å². The van der Waals surface area contributed by atoms with E-state index in [0.717, 1.165) is 6.61 Å². The summed E-state index contributed by atoms with van der Waals surface area (Å²) >= 11 is 0. The van der Waals surface area contributed by atoms with Crippen molar-refractivity contribution in [3.8, 4) is 0 Å². The Hall–Kier alpha value is 0.130. The summed E-state index contributed by atoms with van der Waals surface area (Å²) in [5, 5.41) is 0. The molecule has 0 spiro atoms. The van der Waals surface area contributed by atoms with Gasteiger partial charge in [0.15, 0.2) is 0 Å². The molecule has 2 atom stereocenters. The van der Waals surface area contributed by atoms with Crippen LogP contribution < -0.4 is 0 Å². The van der Waals surface area contributed by atoms with Crippen LogP contribution in [-0.4, -0.2) is 17.9 Å². The van der Waals surface area contributed by atoms with E-state index in [1.807, 2.05) is 26.8 Å². The molecule has 1 nitrogen and oxygen atoms in total. The monoisotopic (exact) mass is 160 g/mol. The molecule has 0 saturated heterocycles. The minimum Gasteiger partial charge on any atom is -0.375 e. The maximum atomic E-state index is 5.49. The summed E-state index contributed by atoms with van der Waals surface area (Å²) in [6, 6.07) is 0. The fourth-order valence-corrected chi connectivity index (χ4v) is 0.510. The molecule has 2 heteroatoms. The highest BCUT2D eigenvalue weighted by Gasteiger charge is 2.10. The van der Waals surface area contributed by atoms with Crippen molar-refractivity contribution in [2.45, 2.75) is 32.0 Å². The Bertz CT molecular complexity index is 104. The van der Waals surface area contributed by atoms with Crippen LogP contribution in [0.1, 0.15) is 20.8 Å². The van der Waals surface area contributed by atoms with Crippen molar-refractivity contribution in [1.82, 2.24) is 0 Å². The van der Waals surface area contributed by atoms with Crippen molar-refractivity contribution in [2.75, 3.05) is 6.61 Å². The van der Waals surface area contributed by atoms with Gasteiger partial charge in [-0.2, -0.15) is 0 Å². The van der Waals surface area contributed by atoms with Gasteiger partial charge in [0, 0.05) is 5.66 Å². The third kappa shape index (κ3) is 6.25. The lowest BCUT2D eigenvalue weighted by molar-refractivity contribution is 0.00157. The van der Waals surface area contributed by atoms with Crippen molar-refractivity contribution in [3.05, 3.63) is 12.7 Å². The van der Waals surface area contributed by atoms with E-state index in [1.165, 1.54) is 0 Å². The molecule has 0 aromatic carbocycles. The van der Waals surface area contributed by atoms with Gasteiger partial charge in [-0.25, -0.2) is 0 Å². The Kier molecular flexibility index (Phi) is 4.15. The summed E-state index contributed by atoms with van der Waals surface area (Å²) in [5.41, 5.74) is 0.344. The van der Waals surface area contributed by atoms with E-state index in [1.54, 1.807) is 0 Å². The lowest BCUT2D eigenvalue weighted by Gasteiger charge is -2.20. The fourth-order valence-electron chi connectivity index (χ4n) is 0.414. The number of ether oxygens (including phenoxy) is 1. The molecular weight excluding hydrogens is 143 g/mol. The number of rotatable bonds is 3. The second kappa shape index (κ2) is 4.10. The normalized spacial score (nSPS) is 14.8. The minimum atomic E-state index is -0.0299. The second-order valence-corrected chi connectivity index (χ2v) is 4.18. The van der Waals surface area contributed by atoms with E-state index in [-0.39, 0.29) is 5.60 Å². The van der Waals surface area contributed by atoms with Crippen molar-refractivity contribution in [1.29, 1.82) is 0 Å². The summed E-state index contributed by atoms with van der Waals surface area (Å²) in [5.74, 6) is 0. The first-order valence-corrected chi connectivity index (χ1v) is 4.14. The molecule has 0 aromatic heterocycles. The predicted octanol–water partition coefficient (Wildman–Crippen LogP) is 2.23. The van der Waals surface area contributed by atoms with E-state index < -0.39 is 0 Å². The quantitative estimate of drug-likeness (QED) is 0.454. The van der Waals surface area contributed by atoms with E-state index in [4.69, 9.17) is 4.74 Å². The van der Waals surface area contributed by atoms with Gasteiger partial charge in [0.25, 0.3) is 0 Å². The van der Waals surface area contributed by atoms with E-state index in [2.05, 4.69) is 15.8 Å². The molecule has 10 heavy (non-hydrogen) atoms. The molecule has 0 N–H and O–H groups in total. The van der Waals surface area contributed by atoms with Crippen LogP contribution in [-0.2, 0) is 4.74 Å². The number of hydrogen-bond donors (Lipinski definition) is 0. The molecule has 0 fully saturated rings. The molecule has 0 radical (unpaired) electrons. The first kappa shape index (κ1) is 10.1. The largest absolute Gasteiger partial charge is 0.375 e. The predicted molar refractivity (Wildman–Crippen MR) is 49.4 cm³/mol. The Morgan fingerprint density at radius 3 is 2.40 bits per heavy atom. The van der Waals surface area contributed by atoms with Gasteiger partial charge in [-0.1, -0.05) is 6.08 Å². The van der Waals surface area contributed by atoms with E-state index in [9.17, 15) is 0 Å². The van der Waals surface area contributed by atoms with Crippen LogP contribution >= 0.6 is 9.24 Å². The Morgan fingerprint density at radius 2 is 2.10 bits per heavy atom. The third-order valence-corrected chi connectivity index (χ3v) is 1.48. The maximum absolute atomic E-state index is 5.49. The first-order chi connectivity index (χ1) is 4.45. The van der Waals surface area contributed by atoms with E-state index >= 15 is 0 Å². The summed E-state index contributed by atoms with van der Waals surface area (Å²) in [4.78, 5) is 0. The van der Waals surface area contributed by atoms with Crippen LogP contribution in [0.25, 0.3) is 0 Å². The smallest absolute Gasteiger partial charge is 0.0598 e. The van der Waals surface area contributed by atoms with Gasteiger partial charge in [0.05, 0.1) is 12.2 Å². The maximum Gasteiger partial charge on any atom is 0.0598 e. The van der Waals surface area contributed by atoms with Crippen LogP contribution in [0.15, 0.2) is 12.7 Å². The molecule has 0 aliphatic heterocycles. The molecule has 2 unspecified atom stereocenters. The zero-order valence-electron chi connectivity index (χ0n) is 7.05. The highest BCUT2D eigenvalue weighted by Crippen LogP contribution is 2.10. The molecule has 0 bridgehead atoms. The first-order valence-electron chi connectivity index (χ1n) is 3.48. The van der Waals surface area contributed by atoms with E-state index in [0.29, 0.717) is 5.66 Å². The van der Waals surface area contributed by atoms with Crippen LogP contribution in [0.5, 0.6) is 0 Å². The molecule has 0 heterocycles. The van der Waals surface area contributed by atoms with Crippen LogP contribution in [0, 0.1) is 0 Å². The third-order valence-electron chi connectivity index (χ3n) is 1.01. The SMILES string of the molecule is C=CC(P)COC(C)(C)C. The summed E-state index contributed by atoms with van der Waals surface area (Å²) in [6.45, 7) is 10.5. The van der Waals surface area contributed by atoms with Gasteiger partial charge in [-0.3, -0.25) is 0 Å². The molecule has 60 valence electrons. The summed E-state index contributed by atoms with van der Waals surface area (Å²) in [7, 11) is 2.67. The minimum absolute atomic E-state index is 0.0299. The second-order valence-electron chi connectivity index (χ2n) is 3.32. The Balaban J connectivity index is 3.45. The van der Waals surface area contributed by atoms with Crippen molar-refractivity contribution in [3.63, 3.8) is 0 Å². The standard InChI is InChI=1S/C8H17OP/c1-5-7(10)6-9-8(2,3)4/h5,7H,1,6,10H2,2-4H3. The Morgan fingerprint density at radius 1 is 1.60 bits per heavy atom. The van der Waals surface area contributed by atoms with Crippen LogP contribution in [0.2, 0.25) is 0 Å². The van der Waals surface area contributed by atoms with Crippen LogP contribution in [0.4, 0.5) is 0 Å². The molecule has 0 rings (SSSR count). The van der Waals surface area contributed by atoms with Crippen molar-refractivity contribution in [2.24, 2.45) is 0 Å². The Labute approximate surface area is 66.0 Å². The average Bonchev–Trinajstić information content (AvgIpc) is 1.81. The summed E-state index contributed by atoms with van der Waals surface area (Å²) < 4.78 is 5.49. The zero-order valence-corrected chi connectivity index (χ0v) is 8.21. The zero-order chi connectivity index (χ0) is 8.20. The van der Waals surface area contributed by atoms with Gasteiger partial charge in [-0.05, 0) is 20.8 Å². The van der Waals surface area contributed by atoms with Gasteiger partial charge in [0.1, 0.15) is 0 Å². The van der Waals surface area contributed by atoms with Crippen molar-refractivity contribution < 1.29 is 4.74 Å². The molecule has 0 aliphatic rings. The molecule has 0 aromatic rings. The fraction of sp³-hybridized carbons (Fsp3) is 0.750. The van der Waals surface area contributed by atoms with Gasteiger partial charge in [0.2, 0.25) is 0 Å². The highest BCUT2D eigenvalue weighted by atomic mass is 31.0. The lowest BCUT2D eigenvalue weighted by Crippen LogP contribution is -2.22. The van der Waals surface area contributed by atoms with Crippen LogP contribution in [0.3, 0.4) is 0 Å². The summed E-state index contributed by atoms with van der Waals surface area (Å²) in [6.07, 6.45) is 1.87. The lowest BCUT2D eigenvalue weighted by atomic mass is 10.2. The molecule has 0 saturated carbocycles. The topological polar surface area (TPSA) is 9.23 Å².